The second-order valence-corrected chi connectivity index (χ2v) is 8.80. The first-order valence-corrected chi connectivity index (χ1v) is 11.5. The lowest BCUT2D eigenvalue weighted by Gasteiger charge is -2.36. The highest BCUT2D eigenvalue weighted by atomic mass is 32.1. The second kappa shape index (κ2) is 10.5. The molecule has 0 aliphatic carbocycles. The molecule has 166 valence electrons. The van der Waals surface area contributed by atoms with Crippen molar-refractivity contribution in [3.05, 3.63) is 58.0 Å². The van der Waals surface area contributed by atoms with Crippen molar-refractivity contribution < 1.29 is 18.8 Å². The molecule has 0 bridgehead atoms. The second-order valence-electron chi connectivity index (χ2n) is 7.86. The van der Waals surface area contributed by atoms with Crippen LogP contribution in [0.1, 0.15) is 53.1 Å². The molecule has 8 heteroatoms. The van der Waals surface area contributed by atoms with Crippen molar-refractivity contribution in [3.63, 3.8) is 0 Å². The highest BCUT2D eigenvalue weighted by Gasteiger charge is 2.35. The predicted octanol–water partition coefficient (Wildman–Crippen LogP) is 3.45. The third-order valence-electron chi connectivity index (χ3n) is 5.72. The van der Waals surface area contributed by atoms with E-state index in [4.69, 9.17) is 0 Å². The van der Waals surface area contributed by atoms with E-state index >= 15 is 0 Å². The molecular formula is C23H28FN3O3S. The zero-order valence-electron chi connectivity index (χ0n) is 17.8. The van der Waals surface area contributed by atoms with Gasteiger partial charge in [-0.3, -0.25) is 14.4 Å². The van der Waals surface area contributed by atoms with E-state index in [1.165, 1.54) is 23.5 Å². The average molecular weight is 446 g/mol. The molecule has 0 unspecified atom stereocenters. The van der Waals surface area contributed by atoms with Gasteiger partial charge in [-0.05, 0) is 55.7 Å². The summed E-state index contributed by atoms with van der Waals surface area (Å²) in [6, 6.07) is 8.77. The Hall–Kier alpha value is -2.74. The van der Waals surface area contributed by atoms with Crippen LogP contribution in [-0.2, 0) is 4.79 Å². The van der Waals surface area contributed by atoms with E-state index in [0.717, 1.165) is 6.42 Å². The van der Waals surface area contributed by atoms with E-state index in [9.17, 15) is 18.8 Å². The lowest BCUT2D eigenvalue weighted by Crippen LogP contribution is -2.55. The summed E-state index contributed by atoms with van der Waals surface area (Å²) in [5.74, 6) is -1.48. The number of amides is 3. The highest BCUT2D eigenvalue weighted by molar-refractivity contribution is 7.12. The molecule has 1 saturated heterocycles. The molecule has 2 N–H and O–H groups in total. The molecule has 1 aliphatic heterocycles. The first-order chi connectivity index (χ1) is 14.9. The van der Waals surface area contributed by atoms with Crippen molar-refractivity contribution in [2.45, 2.75) is 45.2 Å². The smallest absolute Gasteiger partial charge is 0.262 e. The summed E-state index contributed by atoms with van der Waals surface area (Å²) in [5, 5.41) is 7.68. The van der Waals surface area contributed by atoms with Gasteiger partial charge < -0.3 is 15.5 Å². The molecular weight excluding hydrogens is 417 g/mol. The van der Waals surface area contributed by atoms with Gasteiger partial charge in [-0.2, -0.15) is 0 Å². The van der Waals surface area contributed by atoms with Gasteiger partial charge in [0.2, 0.25) is 5.91 Å². The number of nitrogens with zero attached hydrogens (tertiary/aromatic N) is 1. The summed E-state index contributed by atoms with van der Waals surface area (Å²) >= 11 is 1.32. The molecule has 3 rings (SSSR count). The topological polar surface area (TPSA) is 78.5 Å². The van der Waals surface area contributed by atoms with Gasteiger partial charge in [-0.15, -0.1) is 11.3 Å². The summed E-state index contributed by atoms with van der Waals surface area (Å²) in [4.78, 5) is 40.4. The summed E-state index contributed by atoms with van der Waals surface area (Å²) in [5.41, 5.74) is 0.0537. The molecule has 1 aliphatic rings. The van der Waals surface area contributed by atoms with E-state index in [1.54, 1.807) is 29.2 Å². The van der Waals surface area contributed by atoms with Gasteiger partial charge in [0.15, 0.2) is 0 Å². The Bertz CT molecular complexity index is 911. The standard InChI is InChI=1S/C23H28FN3O3S/c1-3-15(2)25-22(29)20(26-21(28)19-9-6-14-31-19)16-10-12-27(13-11-16)23(30)17-7-4-5-8-18(17)24/h4-9,14-16,20H,3,10-13H2,1-2H3,(H,25,29)(H,26,28)/t15-,20-/m1/s1. The maximum absolute atomic E-state index is 14.0. The number of carbonyl (C=O) groups excluding carboxylic acids is 3. The largest absolute Gasteiger partial charge is 0.352 e. The molecule has 1 aromatic carbocycles. The van der Waals surface area contributed by atoms with Crippen molar-refractivity contribution in [1.29, 1.82) is 0 Å². The number of benzene rings is 1. The molecule has 2 atom stereocenters. The summed E-state index contributed by atoms with van der Waals surface area (Å²) < 4.78 is 14.0. The molecule has 0 radical (unpaired) electrons. The van der Waals surface area contributed by atoms with Gasteiger partial charge in [-0.25, -0.2) is 4.39 Å². The Morgan fingerprint density at radius 1 is 1.13 bits per heavy atom. The normalized spacial score (nSPS) is 16.4. The number of rotatable bonds is 7. The van der Waals surface area contributed by atoms with Crippen LogP contribution < -0.4 is 10.6 Å². The Labute approximate surface area is 185 Å². The van der Waals surface area contributed by atoms with E-state index in [0.29, 0.717) is 30.8 Å². The van der Waals surface area contributed by atoms with Crippen LogP contribution in [0.25, 0.3) is 0 Å². The quantitative estimate of drug-likeness (QED) is 0.685. The lowest BCUT2D eigenvalue weighted by atomic mass is 9.88. The predicted molar refractivity (Wildman–Crippen MR) is 118 cm³/mol. The number of halogens is 1. The number of thiophene rings is 1. The third-order valence-corrected chi connectivity index (χ3v) is 6.59. The van der Waals surface area contributed by atoms with Crippen LogP contribution in [0, 0.1) is 11.7 Å². The van der Waals surface area contributed by atoms with E-state index in [-0.39, 0.29) is 35.2 Å². The van der Waals surface area contributed by atoms with Crippen LogP contribution in [0.5, 0.6) is 0 Å². The highest BCUT2D eigenvalue weighted by Crippen LogP contribution is 2.24. The fourth-order valence-electron chi connectivity index (χ4n) is 3.69. The molecule has 3 amide bonds. The molecule has 6 nitrogen and oxygen atoms in total. The minimum Gasteiger partial charge on any atom is -0.352 e. The molecule has 0 spiro atoms. The van der Waals surface area contributed by atoms with Gasteiger partial charge in [0.25, 0.3) is 11.8 Å². The third kappa shape index (κ3) is 5.70. The maximum Gasteiger partial charge on any atom is 0.262 e. The minimum absolute atomic E-state index is 0.00337. The molecule has 1 aromatic heterocycles. The van der Waals surface area contributed by atoms with Crippen molar-refractivity contribution >= 4 is 29.1 Å². The Kier molecular flexibility index (Phi) is 7.79. The number of nitrogens with one attached hydrogen (secondary N) is 2. The fraction of sp³-hybridized carbons (Fsp3) is 0.435. The number of likely N-dealkylation sites (tertiary alicyclic amines) is 1. The van der Waals surface area contributed by atoms with Crippen LogP contribution in [0.3, 0.4) is 0 Å². The van der Waals surface area contributed by atoms with Crippen molar-refractivity contribution in [3.8, 4) is 0 Å². The molecule has 1 fully saturated rings. The summed E-state index contributed by atoms with van der Waals surface area (Å²) in [7, 11) is 0. The zero-order valence-corrected chi connectivity index (χ0v) is 18.6. The number of piperidine rings is 1. The Balaban J connectivity index is 1.68. The van der Waals surface area contributed by atoms with Gasteiger partial charge in [0.05, 0.1) is 10.4 Å². The van der Waals surface area contributed by atoms with Gasteiger partial charge in [-0.1, -0.05) is 25.1 Å². The number of carbonyl (C=O) groups is 3. The van der Waals surface area contributed by atoms with Gasteiger partial charge in [0.1, 0.15) is 11.9 Å². The van der Waals surface area contributed by atoms with Crippen LogP contribution in [0.2, 0.25) is 0 Å². The van der Waals surface area contributed by atoms with Gasteiger partial charge >= 0.3 is 0 Å². The van der Waals surface area contributed by atoms with Crippen LogP contribution in [-0.4, -0.2) is 47.8 Å². The monoisotopic (exact) mass is 445 g/mol. The van der Waals surface area contributed by atoms with E-state index in [2.05, 4.69) is 10.6 Å². The minimum atomic E-state index is -0.686. The average Bonchev–Trinajstić information content (AvgIpc) is 3.32. The Morgan fingerprint density at radius 3 is 2.45 bits per heavy atom. The first kappa shape index (κ1) is 22.9. The number of hydrogen-bond acceptors (Lipinski definition) is 4. The van der Waals surface area contributed by atoms with Crippen molar-refractivity contribution in [2.75, 3.05) is 13.1 Å². The van der Waals surface area contributed by atoms with E-state index < -0.39 is 11.9 Å². The zero-order chi connectivity index (χ0) is 22.4. The van der Waals surface area contributed by atoms with E-state index in [1.807, 2.05) is 19.2 Å². The molecule has 2 heterocycles. The molecule has 31 heavy (non-hydrogen) atoms. The molecule has 2 aromatic rings. The SMILES string of the molecule is CC[C@@H](C)NC(=O)[C@H](NC(=O)c1cccs1)C1CCN(C(=O)c2ccccc2F)CC1. The van der Waals surface area contributed by atoms with Crippen LogP contribution in [0.15, 0.2) is 41.8 Å². The van der Waals surface area contributed by atoms with Crippen LogP contribution >= 0.6 is 11.3 Å². The van der Waals surface area contributed by atoms with Gasteiger partial charge in [0, 0.05) is 19.1 Å². The fourth-order valence-corrected chi connectivity index (χ4v) is 4.32. The lowest BCUT2D eigenvalue weighted by molar-refractivity contribution is -0.125. The van der Waals surface area contributed by atoms with Crippen LogP contribution in [0.4, 0.5) is 4.39 Å². The number of hydrogen-bond donors (Lipinski definition) is 2. The first-order valence-electron chi connectivity index (χ1n) is 10.6. The summed E-state index contributed by atoms with van der Waals surface area (Å²) in [6.07, 6.45) is 1.87. The van der Waals surface area contributed by atoms with Crippen molar-refractivity contribution in [2.24, 2.45) is 5.92 Å². The molecule has 0 saturated carbocycles. The maximum atomic E-state index is 14.0. The van der Waals surface area contributed by atoms with Crippen molar-refractivity contribution in [1.82, 2.24) is 15.5 Å². The Morgan fingerprint density at radius 2 is 1.84 bits per heavy atom. The summed E-state index contributed by atoms with van der Waals surface area (Å²) in [6.45, 7) is 4.71.